The number of esters is 2. The number of nitrogens with zero attached hydrogens (tertiary/aromatic N) is 2. The monoisotopic (exact) mass is 818 g/mol. The third-order valence-corrected chi connectivity index (χ3v) is 11.1. The Morgan fingerprint density at radius 3 is 1.33 bits per heavy atom. The van der Waals surface area contributed by atoms with Crippen LogP contribution in [0, 0.1) is 0 Å². The Morgan fingerprint density at radius 1 is 0.541 bits per heavy atom. The van der Waals surface area contributed by atoms with Gasteiger partial charge in [-0.15, -0.1) is 0 Å². The number of nitrogens with one attached hydrogen (secondary N) is 4. The molecule has 0 fully saturated rings. The first-order valence-electron chi connectivity index (χ1n) is 19.8. The fraction of sp³-hybridized carbons (Fsp3) is 0.191. The number of methoxy groups -OCH3 is 2. The molecule has 8 aromatic rings. The quantitative estimate of drug-likeness (QED) is 0.0534. The van der Waals surface area contributed by atoms with Crippen molar-refractivity contribution in [3.8, 4) is 0 Å². The predicted octanol–water partition coefficient (Wildman–Crippen LogP) is 5.82. The number of carbonyl (C=O) groups is 6. The van der Waals surface area contributed by atoms with Crippen LogP contribution in [-0.2, 0) is 54.6 Å². The van der Waals surface area contributed by atoms with Crippen molar-refractivity contribution in [1.82, 2.24) is 29.7 Å². The van der Waals surface area contributed by atoms with Gasteiger partial charge in [-0.25, -0.2) is 9.59 Å². The summed E-state index contributed by atoms with van der Waals surface area (Å²) < 4.78 is 13.8. The van der Waals surface area contributed by atoms with Crippen molar-refractivity contribution in [3.05, 3.63) is 144 Å². The van der Waals surface area contributed by atoms with Crippen LogP contribution < -0.4 is 10.6 Å². The van der Waals surface area contributed by atoms with Gasteiger partial charge in [0.25, 0.3) is 23.4 Å². The molecule has 0 unspecified atom stereocenters. The number of aromatic amines is 2. The van der Waals surface area contributed by atoms with Gasteiger partial charge >= 0.3 is 11.9 Å². The van der Waals surface area contributed by atoms with Crippen LogP contribution >= 0.6 is 0 Å². The Morgan fingerprint density at radius 2 is 0.918 bits per heavy atom. The van der Waals surface area contributed by atoms with Gasteiger partial charge in [-0.3, -0.25) is 19.2 Å². The van der Waals surface area contributed by atoms with Crippen LogP contribution in [0.3, 0.4) is 0 Å². The van der Waals surface area contributed by atoms with E-state index in [9.17, 15) is 28.8 Å². The first-order chi connectivity index (χ1) is 29.6. The van der Waals surface area contributed by atoms with Gasteiger partial charge in [-0.1, -0.05) is 72.8 Å². The van der Waals surface area contributed by atoms with E-state index in [1.165, 1.54) is 14.2 Å². The molecule has 0 spiro atoms. The fourth-order valence-corrected chi connectivity index (χ4v) is 8.04. The number of aromatic nitrogens is 4. The Hall–Kier alpha value is -7.74. The number of ketones is 2. The molecule has 4 aromatic heterocycles. The number of hydrogen-bond acceptors (Lipinski definition) is 8. The van der Waals surface area contributed by atoms with Crippen molar-refractivity contribution in [1.29, 1.82) is 0 Å². The van der Waals surface area contributed by atoms with Crippen molar-refractivity contribution < 1.29 is 38.2 Å². The maximum Gasteiger partial charge on any atom is 0.328 e. The van der Waals surface area contributed by atoms with E-state index in [0.29, 0.717) is 30.3 Å². The van der Waals surface area contributed by atoms with Gasteiger partial charge in [0.15, 0.2) is 0 Å². The van der Waals surface area contributed by atoms with E-state index in [2.05, 4.69) is 20.6 Å². The second kappa shape index (κ2) is 17.2. The summed E-state index contributed by atoms with van der Waals surface area (Å²) >= 11 is 0. The van der Waals surface area contributed by atoms with Crippen LogP contribution in [0.25, 0.3) is 43.6 Å². The zero-order chi connectivity index (χ0) is 42.6. The Kier molecular flexibility index (Phi) is 11.3. The molecule has 0 aliphatic carbocycles. The van der Waals surface area contributed by atoms with Crippen LogP contribution in [0.1, 0.15) is 38.3 Å². The van der Waals surface area contributed by atoms with Crippen LogP contribution in [0.2, 0.25) is 0 Å². The molecule has 4 heterocycles. The molecule has 4 N–H and O–H groups in total. The Labute approximate surface area is 348 Å². The molecule has 0 aliphatic heterocycles. The molecule has 0 radical (unpaired) electrons. The zero-order valence-electron chi connectivity index (χ0n) is 33.4. The van der Waals surface area contributed by atoms with E-state index in [-0.39, 0.29) is 24.0 Å². The van der Waals surface area contributed by atoms with E-state index >= 15 is 0 Å². The lowest BCUT2D eigenvalue weighted by Gasteiger charge is -2.15. The molecule has 0 aliphatic rings. The minimum Gasteiger partial charge on any atom is -0.467 e. The molecule has 14 nitrogen and oxygen atoms in total. The summed E-state index contributed by atoms with van der Waals surface area (Å²) in [5.41, 5.74) is 5.17. The minimum absolute atomic E-state index is 0.114. The van der Waals surface area contributed by atoms with Gasteiger partial charge in [-0.2, -0.15) is 0 Å². The van der Waals surface area contributed by atoms with Crippen molar-refractivity contribution in [3.63, 3.8) is 0 Å². The normalized spacial score (nSPS) is 12.4. The standard InChI is InChI=1S/C47H42N6O8/c1-60-46(58)38(22-28-24-48-36-16-7-3-12-30(28)36)50-44(56)42(54)34-26-52(40-18-9-5-14-32(34)40)20-11-21-53-27-35(33-15-6-10-19-41(33)53)43(55)45(57)51-39(47(59)61-2)23-29-25-49-37-17-8-4-13-31(29)37/h3-10,12-19,24-27,38-39,48-49H,11,20-23H2,1-2H3,(H,50,56)(H,51,57)/t38-,39-/m0/s1. The summed E-state index contributed by atoms with van der Waals surface area (Å²) in [6.07, 6.45) is 7.59. The van der Waals surface area contributed by atoms with Crippen LogP contribution in [0.15, 0.2) is 122 Å². The largest absolute Gasteiger partial charge is 0.467 e. The molecule has 0 saturated heterocycles. The highest BCUT2D eigenvalue weighted by Gasteiger charge is 2.30. The molecule has 0 bridgehead atoms. The lowest BCUT2D eigenvalue weighted by molar-refractivity contribution is -0.145. The molecule has 4 aromatic carbocycles. The highest BCUT2D eigenvalue weighted by molar-refractivity contribution is 6.46. The highest BCUT2D eigenvalue weighted by Crippen LogP contribution is 2.26. The van der Waals surface area contributed by atoms with Gasteiger partial charge in [0.1, 0.15) is 12.1 Å². The zero-order valence-corrected chi connectivity index (χ0v) is 33.4. The number of benzene rings is 4. The molecule has 2 amide bonds. The molecule has 8 rings (SSSR count). The van der Waals surface area contributed by atoms with Crippen molar-refractivity contribution >= 4 is 78.9 Å². The Bertz CT molecular complexity index is 2790. The molecule has 61 heavy (non-hydrogen) atoms. The SMILES string of the molecule is COC(=O)[C@H](Cc1c[nH]c2ccccc12)NC(=O)C(=O)c1cn(CCCn2cc(C(=O)C(=O)N[C@@H](Cc3c[nH]c4ccccc34)C(=O)OC)c3ccccc32)c2ccccc12. The number of carbonyl (C=O) groups excluding carboxylic acids is 6. The van der Waals surface area contributed by atoms with E-state index < -0.39 is 47.4 Å². The first kappa shape index (κ1) is 40.1. The Balaban J connectivity index is 0.965. The second-order valence-corrected chi connectivity index (χ2v) is 14.7. The van der Waals surface area contributed by atoms with Gasteiger partial charge in [0.2, 0.25) is 0 Å². The number of fused-ring (bicyclic) bond motifs is 4. The van der Waals surface area contributed by atoms with Crippen LogP contribution in [-0.4, -0.2) is 80.7 Å². The average molecular weight is 819 g/mol. The summed E-state index contributed by atoms with van der Waals surface area (Å²) in [7, 11) is 2.46. The minimum atomic E-state index is -1.10. The van der Waals surface area contributed by atoms with Crippen LogP contribution in [0.5, 0.6) is 0 Å². The number of Topliss-reactive ketones (excluding diaryl/α,β-unsaturated/α-hetero) is 2. The molecule has 308 valence electrons. The number of H-pyrrole nitrogens is 2. The second-order valence-electron chi connectivity index (χ2n) is 14.7. The maximum atomic E-state index is 13.8. The number of hydrogen-bond donors (Lipinski definition) is 4. The summed E-state index contributed by atoms with van der Waals surface area (Å²) in [5.74, 6) is -4.82. The van der Waals surface area contributed by atoms with Gasteiger partial charge < -0.3 is 39.2 Å². The highest BCUT2D eigenvalue weighted by atomic mass is 16.5. The molecule has 0 saturated carbocycles. The molecule has 2 atom stereocenters. The van der Waals surface area contributed by atoms with Gasteiger partial charge in [-0.05, 0) is 41.8 Å². The van der Waals surface area contributed by atoms with E-state index in [0.717, 1.165) is 44.0 Å². The molecular formula is C47H42N6O8. The third kappa shape index (κ3) is 8.02. The summed E-state index contributed by atoms with van der Waals surface area (Å²) in [5, 5.41) is 8.16. The topological polar surface area (TPSA) is 186 Å². The number of ether oxygens (including phenoxy) is 2. The predicted molar refractivity (Wildman–Crippen MR) is 229 cm³/mol. The van der Waals surface area contributed by atoms with E-state index in [1.807, 2.05) is 81.9 Å². The summed E-state index contributed by atoms with van der Waals surface area (Å²) in [6.45, 7) is 0.872. The number of para-hydroxylation sites is 4. The molecular weight excluding hydrogens is 777 g/mol. The summed E-state index contributed by atoms with van der Waals surface area (Å²) in [6, 6.07) is 27.5. The average Bonchev–Trinajstić information content (AvgIpc) is 4.08. The lowest BCUT2D eigenvalue weighted by atomic mass is 10.0. The number of rotatable bonds is 16. The van der Waals surface area contributed by atoms with Crippen molar-refractivity contribution in [2.75, 3.05) is 14.2 Å². The van der Waals surface area contributed by atoms with Crippen LogP contribution in [0.4, 0.5) is 0 Å². The van der Waals surface area contributed by atoms with Crippen molar-refractivity contribution in [2.45, 2.75) is 44.4 Å². The lowest BCUT2D eigenvalue weighted by Crippen LogP contribution is -2.45. The summed E-state index contributed by atoms with van der Waals surface area (Å²) in [4.78, 5) is 86.5. The fourth-order valence-electron chi connectivity index (χ4n) is 8.04. The molecule has 14 heteroatoms. The number of aryl methyl sites for hydroxylation is 2. The maximum absolute atomic E-state index is 13.8. The number of amides is 2. The first-order valence-corrected chi connectivity index (χ1v) is 19.8. The van der Waals surface area contributed by atoms with Gasteiger partial charge in [0, 0.05) is 94.3 Å². The smallest absolute Gasteiger partial charge is 0.328 e. The van der Waals surface area contributed by atoms with Crippen molar-refractivity contribution in [2.24, 2.45) is 0 Å². The van der Waals surface area contributed by atoms with Gasteiger partial charge in [0.05, 0.1) is 25.3 Å². The van der Waals surface area contributed by atoms with E-state index in [4.69, 9.17) is 9.47 Å². The third-order valence-electron chi connectivity index (χ3n) is 11.1. The van der Waals surface area contributed by atoms with E-state index in [1.54, 1.807) is 49.1 Å².